The Balaban J connectivity index is 1.26. The molecule has 0 unspecified atom stereocenters. The van der Waals surface area contributed by atoms with Crippen molar-refractivity contribution in [1.29, 1.82) is 0 Å². The topological polar surface area (TPSA) is 58.9 Å². The molecular weight excluding hydrogens is 444 g/mol. The van der Waals surface area contributed by atoms with Crippen molar-refractivity contribution in [2.75, 3.05) is 25.5 Å². The summed E-state index contributed by atoms with van der Waals surface area (Å²) in [6.45, 7) is 2.34. The first kappa shape index (κ1) is 22.4. The largest absolute Gasteiger partial charge is 0.324 e. The minimum atomic E-state index is 0.598. The highest BCUT2D eigenvalue weighted by molar-refractivity contribution is 5.88. The highest BCUT2D eigenvalue weighted by Crippen LogP contribution is 2.33. The van der Waals surface area contributed by atoms with E-state index in [1.54, 1.807) is 0 Å². The summed E-state index contributed by atoms with van der Waals surface area (Å²) >= 11 is 0. The molecule has 3 heterocycles. The van der Waals surface area contributed by atoms with Gasteiger partial charge in [-0.1, -0.05) is 54.6 Å². The van der Waals surface area contributed by atoms with Gasteiger partial charge in [0.1, 0.15) is 0 Å². The Morgan fingerprint density at radius 2 is 1.61 bits per heavy atom. The molecular formula is C30H30N6. The minimum absolute atomic E-state index is 0.598. The van der Waals surface area contributed by atoms with Crippen LogP contribution in [0.1, 0.15) is 24.3 Å². The fraction of sp³-hybridized carbons (Fsp3) is 0.233. The van der Waals surface area contributed by atoms with Crippen molar-refractivity contribution >= 4 is 22.5 Å². The normalized spacial score (nSPS) is 14.8. The number of piperidine rings is 1. The Morgan fingerprint density at radius 3 is 2.39 bits per heavy atom. The molecule has 0 bridgehead atoms. The molecule has 3 aromatic carbocycles. The zero-order valence-electron chi connectivity index (χ0n) is 20.7. The SMILES string of the molecule is CN1CCC(c2ccc(Nc3ncc4ccc(-c5cnn(C)c5-c5ccccc5)cc4n3)cc2)CC1. The number of nitrogens with one attached hydrogen (secondary N) is 1. The Labute approximate surface area is 211 Å². The van der Waals surface area contributed by atoms with Gasteiger partial charge in [-0.3, -0.25) is 4.68 Å². The zero-order chi connectivity index (χ0) is 24.5. The van der Waals surface area contributed by atoms with Crippen molar-refractivity contribution in [3.8, 4) is 22.4 Å². The van der Waals surface area contributed by atoms with Gasteiger partial charge in [-0.15, -0.1) is 0 Å². The van der Waals surface area contributed by atoms with Crippen molar-refractivity contribution < 1.29 is 0 Å². The number of aryl methyl sites for hydroxylation is 1. The van der Waals surface area contributed by atoms with Crippen LogP contribution in [0.5, 0.6) is 0 Å². The van der Waals surface area contributed by atoms with Crippen LogP contribution in [0.3, 0.4) is 0 Å². The smallest absolute Gasteiger partial charge is 0.227 e. The van der Waals surface area contributed by atoms with Gasteiger partial charge in [0.15, 0.2) is 0 Å². The van der Waals surface area contributed by atoms with Gasteiger partial charge in [-0.25, -0.2) is 9.97 Å². The summed E-state index contributed by atoms with van der Waals surface area (Å²) < 4.78 is 1.93. The highest BCUT2D eigenvalue weighted by atomic mass is 15.3. The van der Waals surface area contributed by atoms with Crippen molar-refractivity contribution in [2.45, 2.75) is 18.8 Å². The number of anilines is 2. The summed E-state index contributed by atoms with van der Waals surface area (Å²) in [7, 11) is 4.18. The molecule has 0 atom stereocenters. The molecule has 5 aromatic rings. The number of aromatic nitrogens is 4. The Kier molecular flexibility index (Phi) is 5.95. The van der Waals surface area contributed by atoms with Crippen molar-refractivity contribution in [3.63, 3.8) is 0 Å². The number of benzene rings is 3. The predicted molar refractivity (Wildman–Crippen MR) is 146 cm³/mol. The maximum absolute atomic E-state index is 4.83. The van der Waals surface area contributed by atoms with Gasteiger partial charge in [0.2, 0.25) is 5.95 Å². The van der Waals surface area contributed by atoms with E-state index in [9.17, 15) is 0 Å². The van der Waals surface area contributed by atoms with E-state index in [1.165, 1.54) is 31.5 Å². The Bertz CT molecular complexity index is 1480. The lowest BCUT2D eigenvalue weighted by Gasteiger charge is -2.29. The zero-order valence-corrected chi connectivity index (χ0v) is 20.7. The van der Waals surface area contributed by atoms with E-state index < -0.39 is 0 Å². The number of likely N-dealkylation sites (tertiary alicyclic amines) is 1. The monoisotopic (exact) mass is 474 g/mol. The van der Waals surface area contributed by atoms with Gasteiger partial charge in [0.25, 0.3) is 0 Å². The summed E-state index contributed by atoms with van der Waals surface area (Å²) in [5, 5.41) is 8.93. The minimum Gasteiger partial charge on any atom is -0.324 e. The van der Waals surface area contributed by atoms with E-state index in [1.807, 2.05) is 30.2 Å². The number of hydrogen-bond donors (Lipinski definition) is 1. The van der Waals surface area contributed by atoms with Gasteiger partial charge in [-0.2, -0.15) is 5.10 Å². The van der Waals surface area contributed by atoms with Crippen LogP contribution in [0, 0.1) is 0 Å². The molecule has 0 amide bonds. The molecule has 0 saturated carbocycles. The van der Waals surface area contributed by atoms with Gasteiger partial charge in [0.05, 0.1) is 17.4 Å². The Morgan fingerprint density at radius 1 is 0.833 bits per heavy atom. The lowest BCUT2D eigenvalue weighted by molar-refractivity contribution is 0.255. The van der Waals surface area contributed by atoms with Crippen LogP contribution in [-0.2, 0) is 7.05 Å². The second-order valence-corrected chi connectivity index (χ2v) is 9.69. The number of fused-ring (bicyclic) bond motifs is 1. The van der Waals surface area contributed by atoms with E-state index >= 15 is 0 Å². The fourth-order valence-electron chi connectivity index (χ4n) is 5.15. The first-order chi connectivity index (χ1) is 17.6. The van der Waals surface area contributed by atoms with Crippen LogP contribution in [0.25, 0.3) is 33.3 Å². The lowest BCUT2D eigenvalue weighted by Crippen LogP contribution is -2.29. The van der Waals surface area contributed by atoms with Gasteiger partial charge in [0, 0.05) is 35.4 Å². The molecule has 180 valence electrons. The van der Waals surface area contributed by atoms with Gasteiger partial charge < -0.3 is 10.2 Å². The van der Waals surface area contributed by atoms with Crippen LogP contribution < -0.4 is 5.32 Å². The van der Waals surface area contributed by atoms with Crippen LogP contribution in [0.15, 0.2) is 85.2 Å². The second kappa shape index (κ2) is 9.55. The second-order valence-electron chi connectivity index (χ2n) is 9.69. The third-order valence-corrected chi connectivity index (χ3v) is 7.24. The molecule has 2 aromatic heterocycles. The van der Waals surface area contributed by atoms with Crippen molar-refractivity contribution in [1.82, 2.24) is 24.6 Å². The Hall–Kier alpha value is -4.03. The molecule has 1 aliphatic heterocycles. The predicted octanol–water partition coefficient (Wildman–Crippen LogP) is 6.25. The summed E-state index contributed by atoms with van der Waals surface area (Å²) in [5.74, 6) is 1.25. The molecule has 0 spiro atoms. The molecule has 6 heteroatoms. The molecule has 6 nitrogen and oxygen atoms in total. The summed E-state index contributed by atoms with van der Waals surface area (Å²) in [4.78, 5) is 11.8. The van der Waals surface area contributed by atoms with E-state index in [0.717, 1.165) is 39.0 Å². The van der Waals surface area contributed by atoms with E-state index in [2.05, 4.69) is 94.1 Å². The van der Waals surface area contributed by atoms with E-state index in [4.69, 9.17) is 4.98 Å². The van der Waals surface area contributed by atoms with Crippen LogP contribution >= 0.6 is 0 Å². The van der Waals surface area contributed by atoms with E-state index in [-0.39, 0.29) is 0 Å². The molecule has 36 heavy (non-hydrogen) atoms. The average Bonchev–Trinajstić information content (AvgIpc) is 3.31. The summed E-state index contributed by atoms with van der Waals surface area (Å²) in [6, 6.07) is 25.4. The molecule has 1 N–H and O–H groups in total. The fourth-order valence-corrected chi connectivity index (χ4v) is 5.15. The number of hydrogen-bond acceptors (Lipinski definition) is 5. The first-order valence-corrected chi connectivity index (χ1v) is 12.5. The van der Waals surface area contributed by atoms with Crippen molar-refractivity contribution in [3.05, 3.63) is 90.8 Å². The summed E-state index contributed by atoms with van der Waals surface area (Å²) in [5.41, 5.74) is 7.72. The average molecular weight is 475 g/mol. The van der Waals surface area contributed by atoms with Crippen LogP contribution in [0.4, 0.5) is 11.6 Å². The molecule has 1 fully saturated rings. The van der Waals surface area contributed by atoms with Crippen LogP contribution in [0.2, 0.25) is 0 Å². The standard InChI is InChI=1S/C30H30N6/c1-35-16-14-22(15-17-35)21-10-12-26(13-11-21)33-30-31-19-25-9-8-24(18-28(25)34-30)27-20-32-36(2)29(27)23-6-4-3-5-7-23/h3-13,18-20,22H,14-17H2,1-2H3,(H,31,33,34). The number of rotatable bonds is 5. The molecule has 1 aliphatic rings. The van der Waals surface area contributed by atoms with Gasteiger partial charge >= 0.3 is 0 Å². The third kappa shape index (κ3) is 4.48. The summed E-state index contributed by atoms with van der Waals surface area (Å²) in [6.07, 6.45) is 6.25. The molecule has 0 aliphatic carbocycles. The van der Waals surface area contributed by atoms with E-state index in [0.29, 0.717) is 11.9 Å². The maximum atomic E-state index is 4.83. The first-order valence-electron chi connectivity index (χ1n) is 12.5. The van der Waals surface area contributed by atoms with Gasteiger partial charge in [-0.05, 0) is 68.2 Å². The maximum Gasteiger partial charge on any atom is 0.227 e. The molecule has 1 saturated heterocycles. The van der Waals surface area contributed by atoms with Crippen molar-refractivity contribution in [2.24, 2.45) is 7.05 Å². The quantitative estimate of drug-likeness (QED) is 0.326. The lowest BCUT2D eigenvalue weighted by atomic mass is 9.89. The molecule has 0 radical (unpaired) electrons. The third-order valence-electron chi connectivity index (χ3n) is 7.24. The van der Waals surface area contributed by atoms with Crippen LogP contribution in [-0.4, -0.2) is 44.8 Å². The number of nitrogens with zero attached hydrogens (tertiary/aromatic N) is 5. The highest BCUT2D eigenvalue weighted by Gasteiger charge is 2.18. The molecule has 6 rings (SSSR count).